The third-order valence-electron chi connectivity index (χ3n) is 4.59. The lowest BCUT2D eigenvalue weighted by molar-refractivity contribution is -0.134. The predicted molar refractivity (Wildman–Crippen MR) is 102 cm³/mol. The maximum Gasteiger partial charge on any atom is 0.243 e. The van der Waals surface area contributed by atoms with Gasteiger partial charge in [0.2, 0.25) is 5.91 Å². The number of fused-ring (bicyclic) bond motifs is 1. The van der Waals surface area contributed by atoms with E-state index in [9.17, 15) is 14.9 Å². The molecule has 0 radical (unpaired) electrons. The summed E-state index contributed by atoms with van der Waals surface area (Å²) in [5.74, 6) is 2.10. The Hall–Kier alpha value is -1.95. The van der Waals surface area contributed by atoms with Crippen molar-refractivity contribution in [3.63, 3.8) is 0 Å². The van der Waals surface area contributed by atoms with Crippen molar-refractivity contribution < 1.29 is 14.0 Å². The van der Waals surface area contributed by atoms with Gasteiger partial charge in [0.15, 0.2) is 5.78 Å². The number of furan rings is 1. The zero-order valence-electron chi connectivity index (χ0n) is 13.9. The Labute approximate surface area is 159 Å². The number of carbonyl (C=O) groups excluding carboxylic acids is 2. The summed E-state index contributed by atoms with van der Waals surface area (Å²) >= 11 is 3.01. The van der Waals surface area contributed by atoms with E-state index in [0.29, 0.717) is 23.3 Å². The zero-order chi connectivity index (χ0) is 18.1. The van der Waals surface area contributed by atoms with Crippen molar-refractivity contribution >= 4 is 46.2 Å². The van der Waals surface area contributed by atoms with Crippen LogP contribution in [-0.4, -0.2) is 51.4 Å². The lowest BCUT2D eigenvalue weighted by Crippen LogP contribution is -2.51. The number of nitriles is 1. The van der Waals surface area contributed by atoms with Crippen LogP contribution < -0.4 is 5.32 Å². The number of rotatable bonds is 4. The molecule has 1 N–H and O–H groups in total. The van der Waals surface area contributed by atoms with Crippen molar-refractivity contribution in [3.05, 3.63) is 36.1 Å². The second kappa shape index (κ2) is 7.35. The van der Waals surface area contributed by atoms with E-state index in [4.69, 9.17) is 4.42 Å². The van der Waals surface area contributed by atoms with E-state index in [-0.39, 0.29) is 18.1 Å². The second-order valence-corrected chi connectivity index (χ2v) is 8.39. The minimum absolute atomic E-state index is 0.0298. The fraction of sp³-hybridized carbons (Fsp3) is 0.389. The van der Waals surface area contributed by atoms with E-state index in [1.54, 1.807) is 16.7 Å². The first-order chi connectivity index (χ1) is 12.7. The van der Waals surface area contributed by atoms with E-state index in [1.165, 1.54) is 11.8 Å². The van der Waals surface area contributed by atoms with Crippen LogP contribution in [0.25, 0.3) is 11.0 Å². The normalized spacial score (nSPS) is 25.5. The van der Waals surface area contributed by atoms with Gasteiger partial charge >= 0.3 is 0 Å². The molecular formula is C18H17N3O3S2. The van der Waals surface area contributed by atoms with Crippen molar-refractivity contribution in [2.24, 2.45) is 0 Å². The van der Waals surface area contributed by atoms with Crippen LogP contribution >= 0.6 is 23.5 Å². The van der Waals surface area contributed by atoms with Crippen LogP contribution in [0.1, 0.15) is 5.76 Å². The van der Waals surface area contributed by atoms with Crippen LogP contribution in [-0.2, 0) is 16.0 Å². The van der Waals surface area contributed by atoms with Gasteiger partial charge in [-0.3, -0.25) is 14.9 Å². The number of carbonyl (C=O) groups is 2. The largest absolute Gasteiger partial charge is 0.461 e. The molecule has 0 bridgehead atoms. The summed E-state index contributed by atoms with van der Waals surface area (Å²) in [5, 5.41) is 12.8. The van der Waals surface area contributed by atoms with Gasteiger partial charge in [-0.05, 0) is 12.1 Å². The monoisotopic (exact) mass is 387 g/mol. The number of nitrogens with zero attached hydrogens (tertiary/aromatic N) is 2. The summed E-state index contributed by atoms with van der Waals surface area (Å²) in [7, 11) is 0. The molecule has 3 heterocycles. The van der Waals surface area contributed by atoms with Crippen LogP contribution in [0.4, 0.5) is 0 Å². The SMILES string of the molecule is N#C[C@@H]1CSCN1C(=O)[C@H]1NCSC1C(=O)Cc1cc2ccccc2o1. The molecule has 3 atom stereocenters. The molecule has 2 aliphatic rings. The van der Waals surface area contributed by atoms with E-state index in [2.05, 4.69) is 11.4 Å². The van der Waals surface area contributed by atoms with Gasteiger partial charge in [0.1, 0.15) is 23.4 Å². The molecule has 26 heavy (non-hydrogen) atoms. The quantitative estimate of drug-likeness (QED) is 0.859. The molecule has 2 saturated heterocycles. The molecule has 0 saturated carbocycles. The minimum Gasteiger partial charge on any atom is -0.461 e. The van der Waals surface area contributed by atoms with Gasteiger partial charge in [-0.2, -0.15) is 5.26 Å². The Balaban J connectivity index is 1.48. The lowest BCUT2D eigenvalue weighted by Gasteiger charge is -2.25. The summed E-state index contributed by atoms with van der Waals surface area (Å²) in [6.45, 7) is 0. The van der Waals surface area contributed by atoms with Gasteiger partial charge < -0.3 is 9.32 Å². The first kappa shape index (κ1) is 17.5. The molecule has 0 aliphatic carbocycles. The summed E-state index contributed by atoms with van der Waals surface area (Å²) in [4.78, 5) is 27.2. The first-order valence-electron chi connectivity index (χ1n) is 8.30. The molecule has 1 amide bonds. The average molecular weight is 387 g/mol. The van der Waals surface area contributed by atoms with Crippen molar-refractivity contribution in [3.8, 4) is 6.07 Å². The number of nitrogens with one attached hydrogen (secondary N) is 1. The van der Waals surface area contributed by atoms with Gasteiger partial charge in [0, 0.05) is 17.0 Å². The Morgan fingerprint density at radius 2 is 2.23 bits per heavy atom. The van der Waals surface area contributed by atoms with Crippen LogP contribution in [0.15, 0.2) is 34.7 Å². The molecule has 2 aromatic rings. The lowest BCUT2D eigenvalue weighted by atomic mass is 10.0. The van der Waals surface area contributed by atoms with E-state index in [0.717, 1.165) is 11.0 Å². The van der Waals surface area contributed by atoms with Crippen molar-refractivity contribution in [2.75, 3.05) is 17.5 Å². The highest BCUT2D eigenvalue weighted by Gasteiger charge is 2.43. The second-order valence-electron chi connectivity index (χ2n) is 6.26. The van der Waals surface area contributed by atoms with Crippen LogP contribution in [0, 0.1) is 11.3 Å². The number of benzene rings is 1. The highest BCUT2D eigenvalue weighted by molar-refractivity contribution is 8.01. The molecule has 6 nitrogen and oxygen atoms in total. The molecule has 1 unspecified atom stereocenters. The molecular weight excluding hydrogens is 370 g/mol. The predicted octanol–water partition coefficient (Wildman–Crippen LogP) is 2.00. The minimum atomic E-state index is -0.577. The molecule has 4 rings (SSSR count). The van der Waals surface area contributed by atoms with Crippen molar-refractivity contribution in [1.82, 2.24) is 10.2 Å². The third kappa shape index (κ3) is 3.22. The van der Waals surface area contributed by atoms with Gasteiger partial charge in [0.25, 0.3) is 0 Å². The Kier molecular flexibility index (Phi) is 4.94. The highest BCUT2D eigenvalue weighted by atomic mass is 32.2. The molecule has 134 valence electrons. The van der Waals surface area contributed by atoms with Gasteiger partial charge in [-0.25, -0.2) is 0 Å². The third-order valence-corrected chi connectivity index (χ3v) is 6.83. The van der Waals surface area contributed by atoms with Crippen LogP contribution in [0.5, 0.6) is 0 Å². The molecule has 1 aromatic heterocycles. The number of hydrogen-bond acceptors (Lipinski definition) is 7. The maximum absolute atomic E-state index is 12.8. The molecule has 1 aromatic carbocycles. The summed E-state index contributed by atoms with van der Waals surface area (Å²) in [5.41, 5.74) is 0.756. The fourth-order valence-electron chi connectivity index (χ4n) is 3.27. The Morgan fingerprint density at radius 3 is 3.04 bits per heavy atom. The fourth-order valence-corrected chi connectivity index (χ4v) is 5.49. The summed E-state index contributed by atoms with van der Waals surface area (Å²) in [6.07, 6.45) is 0.161. The molecule has 0 spiro atoms. The molecule has 8 heteroatoms. The van der Waals surface area contributed by atoms with Gasteiger partial charge in [-0.1, -0.05) is 18.2 Å². The number of Topliss-reactive ketones (excluding diaryl/α,β-unsaturated/α-hetero) is 1. The highest BCUT2D eigenvalue weighted by Crippen LogP contribution is 2.29. The zero-order valence-corrected chi connectivity index (χ0v) is 15.5. The Morgan fingerprint density at radius 1 is 1.38 bits per heavy atom. The number of ketones is 1. The maximum atomic E-state index is 12.8. The van der Waals surface area contributed by atoms with E-state index >= 15 is 0 Å². The van der Waals surface area contributed by atoms with E-state index in [1.807, 2.05) is 30.3 Å². The average Bonchev–Trinajstić information content (AvgIpc) is 3.38. The van der Waals surface area contributed by atoms with Crippen molar-refractivity contribution in [1.29, 1.82) is 5.26 Å². The number of para-hydroxylation sites is 1. The van der Waals surface area contributed by atoms with Gasteiger partial charge in [-0.15, -0.1) is 23.5 Å². The van der Waals surface area contributed by atoms with E-state index < -0.39 is 17.3 Å². The number of thioether (sulfide) groups is 2. The van der Waals surface area contributed by atoms with Crippen molar-refractivity contribution in [2.45, 2.75) is 23.8 Å². The van der Waals surface area contributed by atoms with Crippen LogP contribution in [0.2, 0.25) is 0 Å². The molecule has 2 aliphatic heterocycles. The summed E-state index contributed by atoms with van der Waals surface area (Å²) in [6, 6.07) is 10.7. The molecule has 2 fully saturated rings. The smallest absolute Gasteiger partial charge is 0.243 e. The van der Waals surface area contributed by atoms with Gasteiger partial charge in [0.05, 0.1) is 23.6 Å². The standard InChI is InChI=1S/C18H17N3O3S2/c19-7-12-8-25-10-21(12)18(23)16-17(26-9-20-16)14(22)6-13-5-11-3-1-2-4-15(11)24-13/h1-5,12,16-17,20H,6,8-10H2/t12-,16+,17?/m1/s1. The number of hydrogen-bond donors (Lipinski definition) is 1. The van der Waals surface area contributed by atoms with Crippen LogP contribution in [0.3, 0.4) is 0 Å². The Bertz CT molecular complexity index is 858. The summed E-state index contributed by atoms with van der Waals surface area (Å²) < 4.78 is 5.74. The topological polar surface area (TPSA) is 86.3 Å². The first-order valence-corrected chi connectivity index (χ1v) is 10.5. The number of amides is 1.